The number of rotatable bonds is 2. The summed E-state index contributed by atoms with van der Waals surface area (Å²) in [4.78, 5) is 22.7. The quantitative estimate of drug-likeness (QED) is 0.710. The predicted octanol–water partition coefficient (Wildman–Crippen LogP) is 0.377. The summed E-state index contributed by atoms with van der Waals surface area (Å²) < 4.78 is 0. The van der Waals surface area contributed by atoms with Gasteiger partial charge in [-0.15, -0.1) is 0 Å². The van der Waals surface area contributed by atoms with Gasteiger partial charge >= 0.3 is 0 Å². The van der Waals surface area contributed by atoms with Gasteiger partial charge in [-0.3, -0.25) is 14.7 Å². The number of benzene rings is 1. The minimum atomic E-state index is -0.382. The molecule has 1 aliphatic rings. The molecule has 3 rings (SSSR count). The Labute approximate surface area is 101 Å². The lowest BCUT2D eigenvalue weighted by molar-refractivity contribution is -0.119. The van der Waals surface area contributed by atoms with Gasteiger partial charge in [-0.2, -0.15) is 10.2 Å². The van der Waals surface area contributed by atoms with Gasteiger partial charge in [0.1, 0.15) is 5.71 Å². The second-order valence-corrected chi connectivity index (χ2v) is 3.90. The van der Waals surface area contributed by atoms with Crippen molar-refractivity contribution in [2.75, 3.05) is 5.32 Å². The Morgan fingerprint density at radius 2 is 2.28 bits per heavy atom. The van der Waals surface area contributed by atoms with Crippen LogP contribution in [-0.4, -0.2) is 27.7 Å². The largest absolute Gasteiger partial charge is 0.321 e. The van der Waals surface area contributed by atoms with E-state index in [2.05, 4.69) is 26.0 Å². The Kier molecular flexibility index (Phi) is 2.30. The zero-order chi connectivity index (χ0) is 12.5. The van der Waals surface area contributed by atoms with Crippen molar-refractivity contribution in [3.05, 3.63) is 24.4 Å². The van der Waals surface area contributed by atoms with E-state index < -0.39 is 0 Å². The summed E-state index contributed by atoms with van der Waals surface area (Å²) in [6.45, 7) is 0. The number of fused-ring (bicyclic) bond motifs is 1. The molecule has 1 aromatic heterocycles. The Morgan fingerprint density at radius 1 is 1.39 bits per heavy atom. The van der Waals surface area contributed by atoms with Gasteiger partial charge < -0.3 is 5.32 Å². The molecule has 3 N–H and O–H groups in total. The maximum atomic E-state index is 11.8. The molecule has 0 bridgehead atoms. The van der Waals surface area contributed by atoms with Crippen molar-refractivity contribution in [2.24, 2.45) is 5.10 Å². The highest BCUT2D eigenvalue weighted by Gasteiger charge is 2.21. The lowest BCUT2D eigenvalue weighted by Crippen LogP contribution is -2.22. The molecule has 1 aliphatic heterocycles. The van der Waals surface area contributed by atoms with Crippen LogP contribution in [0.2, 0.25) is 0 Å². The van der Waals surface area contributed by atoms with Crippen LogP contribution in [0.3, 0.4) is 0 Å². The number of nitrogens with zero attached hydrogens (tertiary/aromatic N) is 2. The summed E-state index contributed by atoms with van der Waals surface area (Å²) in [6.07, 6.45) is 1.71. The second kappa shape index (κ2) is 3.95. The van der Waals surface area contributed by atoms with E-state index in [1.54, 1.807) is 18.3 Å². The molecular formula is C11H9N5O2. The number of H-pyrrole nitrogens is 1. The van der Waals surface area contributed by atoms with E-state index in [-0.39, 0.29) is 23.9 Å². The molecule has 2 heterocycles. The summed E-state index contributed by atoms with van der Waals surface area (Å²) in [5.74, 6) is -0.656. The van der Waals surface area contributed by atoms with E-state index >= 15 is 0 Å². The van der Waals surface area contributed by atoms with Crippen LogP contribution in [0.25, 0.3) is 10.9 Å². The van der Waals surface area contributed by atoms with Crippen molar-refractivity contribution >= 4 is 34.1 Å². The van der Waals surface area contributed by atoms with Gasteiger partial charge in [0.05, 0.1) is 18.1 Å². The minimum absolute atomic E-state index is 0.0120. The molecule has 7 heteroatoms. The number of anilines is 1. The molecule has 18 heavy (non-hydrogen) atoms. The fourth-order valence-electron chi connectivity index (χ4n) is 1.71. The monoisotopic (exact) mass is 243 g/mol. The van der Waals surface area contributed by atoms with Crippen LogP contribution < -0.4 is 10.7 Å². The molecule has 0 fully saturated rings. The van der Waals surface area contributed by atoms with Crippen molar-refractivity contribution in [2.45, 2.75) is 6.42 Å². The molecule has 7 nitrogen and oxygen atoms in total. The lowest BCUT2D eigenvalue weighted by Gasteiger charge is -2.03. The molecule has 0 saturated carbocycles. The van der Waals surface area contributed by atoms with Crippen LogP contribution in [0.5, 0.6) is 0 Å². The molecule has 0 radical (unpaired) electrons. The Bertz CT molecular complexity index is 673. The SMILES string of the molecule is O=C1CC(C(=O)Nc2ccc3cn[nH]c3c2)=NN1. The van der Waals surface area contributed by atoms with Crippen LogP contribution in [0.4, 0.5) is 5.69 Å². The van der Waals surface area contributed by atoms with Crippen molar-refractivity contribution < 1.29 is 9.59 Å². The van der Waals surface area contributed by atoms with E-state index in [1.807, 2.05) is 6.07 Å². The first-order valence-electron chi connectivity index (χ1n) is 5.32. The lowest BCUT2D eigenvalue weighted by atomic mass is 10.2. The maximum absolute atomic E-state index is 11.8. The fraction of sp³-hybridized carbons (Fsp3) is 0.0909. The van der Waals surface area contributed by atoms with Crippen molar-refractivity contribution in [1.82, 2.24) is 15.6 Å². The van der Waals surface area contributed by atoms with Crippen LogP contribution in [0.1, 0.15) is 6.42 Å². The van der Waals surface area contributed by atoms with Gasteiger partial charge in [-0.05, 0) is 18.2 Å². The summed E-state index contributed by atoms with van der Waals surface area (Å²) in [5.41, 5.74) is 3.87. The number of carbonyl (C=O) groups excluding carboxylic acids is 2. The number of aromatic amines is 1. The van der Waals surface area contributed by atoms with E-state index in [0.29, 0.717) is 5.69 Å². The normalized spacial score (nSPS) is 14.4. The first-order chi connectivity index (χ1) is 8.72. The number of hydrogen-bond acceptors (Lipinski definition) is 4. The summed E-state index contributed by atoms with van der Waals surface area (Å²) >= 11 is 0. The Hall–Kier alpha value is -2.70. The number of carbonyl (C=O) groups is 2. The highest BCUT2D eigenvalue weighted by atomic mass is 16.2. The fourth-order valence-corrected chi connectivity index (χ4v) is 1.71. The van der Waals surface area contributed by atoms with Crippen molar-refractivity contribution in [3.8, 4) is 0 Å². The average Bonchev–Trinajstić information content (AvgIpc) is 2.96. The van der Waals surface area contributed by atoms with E-state index in [1.165, 1.54) is 0 Å². The zero-order valence-electron chi connectivity index (χ0n) is 9.23. The van der Waals surface area contributed by atoms with Gasteiger partial charge in [0.15, 0.2) is 0 Å². The van der Waals surface area contributed by atoms with Gasteiger partial charge in [0.25, 0.3) is 5.91 Å². The summed E-state index contributed by atoms with van der Waals surface area (Å²) in [6, 6.07) is 5.37. The number of hydrogen-bond donors (Lipinski definition) is 3. The third kappa shape index (κ3) is 1.81. The minimum Gasteiger partial charge on any atom is -0.321 e. The second-order valence-electron chi connectivity index (χ2n) is 3.90. The molecule has 1 aromatic carbocycles. The molecule has 2 amide bonds. The van der Waals surface area contributed by atoms with Crippen molar-refractivity contribution in [1.29, 1.82) is 0 Å². The first kappa shape index (κ1) is 10.5. The molecule has 0 spiro atoms. The molecule has 0 aliphatic carbocycles. The molecule has 90 valence electrons. The first-order valence-corrected chi connectivity index (χ1v) is 5.32. The highest BCUT2D eigenvalue weighted by Crippen LogP contribution is 2.16. The number of aromatic nitrogens is 2. The third-order valence-corrected chi connectivity index (χ3v) is 2.61. The number of amides is 2. The zero-order valence-corrected chi connectivity index (χ0v) is 9.23. The van der Waals surface area contributed by atoms with Gasteiger partial charge in [0.2, 0.25) is 5.91 Å². The maximum Gasteiger partial charge on any atom is 0.272 e. The molecule has 0 saturated heterocycles. The summed E-state index contributed by atoms with van der Waals surface area (Å²) in [7, 11) is 0. The van der Waals surface area contributed by atoms with Gasteiger partial charge in [0, 0.05) is 11.1 Å². The topological polar surface area (TPSA) is 99.2 Å². The standard InChI is InChI=1S/C11H9N5O2/c17-10-4-9(15-16-10)11(18)13-7-2-1-6-5-12-14-8(6)3-7/h1-3,5H,4H2,(H,12,14)(H,13,18)(H,16,17). The summed E-state index contributed by atoms with van der Waals surface area (Å²) in [5, 5.41) is 14.0. The van der Waals surface area contributed by atoms with E-state index in [0.717, 1.165) is 10.9 Å². The van der Waals surface area contributed by atoms with Gasteiger partial charge in [-0.25, -0.2) is 5.43 Å². The van der Waals surface area contributed by atoms with Crippen molar-refractivity contribution in [3.63, 3.8) is 0 Å². The Morgan fingerprint density at radius 3 is 3.06 bits per heavy atom. The molecular weight excluding hydrogens is 234 g/mol. The molecule has 0 atom stereocenters. The number of nitrogens with one attached hydrogen (secondary N) is 3. The van der Waals surface area contributed by atoms with E-state index in [9.17, 15) is 9.59 Å². The predicted molar refractivity (Wildman–Crippen MR) is 64.9 cm³/mol. The average molecular weight is 243 g/mol. The third-order valence-electron chi connectivity index (χ3n) is 2.61. The van der Waals surface area contributed by atoms with E-state index in [4.69, 9.17) is 0 Å². The van der Waals surface area contributed by atoms with Crippen LogP contribution in [0, 0.1) is 0 Å². The Balaban J connectivity index is 1.79. The number of hydrazone groups is 1. The molecule has 0 unspecified atom stereocenters. The highest BCUT2D eigenvalue weighted by molar-refractivity contribution is 6.46. The van der Waals surface area contributed by atoms with Crippen LogP contribution in [-0.2, 0) is 9.59 Å². The molecule has 2 aromatic rings. The van der Waals surface area contributed by atoms with Gasteiger partial charge in [-0.1, -0.05) is 0 Å². The van der Waals surface area contributed by atoms with Crippen LogP contribution >= 0.6 is 0 Å². The smallest absolute Gasteiger partial charge is 0.272 e. The van der Waals surface area contributed by atoms with Crippen LogP contribution in [0.15, 0.2) is 29.5 Å².